The van der Waals surface area contributed by atoms with Gasteiger partial charge in [0.2, 0.25) is 0 Å². The van der Waals surface area contributed by atoms with Crippen LogP contribution in [0.3, 0.4) is 0 Å². The van der Waals surface area contributed by atoms with Crippen molar-refractivity contribution in [3.63, 3.8) is 0 Å². The van der Waals surface area contributed by atoms with Gasteiger partial charge in [0, 0.05) is 31.5 Å². The zero-order valence-corrected chi connectivity index (χ0v) is 10.1. The molecule has 1 heterocycles. The highest BCUT2D eigenvalue weighted by Crippen LogP contribution is 2.22. The molecule has 0 unspecified atom stereocenters. The molecule has 0 saturated heterocycles. The fraction of sp³-hybridized carbons (Fsp3) is 0.429. The number of fused-ring (bicyclic) bond motifs is 1. The molecule has 2 rings (SSSR count). The highest BCUT2D eigenvalue weighted by Gasteiger charge is 2.25. The summed E-state index contributed by atoms with van der Waals surface area (Å²) < 4.78 is 0. The van der Waals surface area contributed by atoms with Crippen molar-refractivity contribution in [3.05, 3.63) is 35.4 Å². The number of carbonyl (C=O) groups is 2. The van der Waals surface area contributed by atoms with E-state index in [1.807, 2.05) is 36.1 Å². The highest BCUT2D eigenvalue weighted by molar-refractivity contribution is 5.98. The number of benzene rings is 1. The number of ketones is 1. The molecular formula is C14H17NO2. The molecule has 1 amide bonds. The van der Waals surface area contributed by atoms with E-state index in [-0.39, 0.29) is 11.7 Å². The predicted octanol–water partition coefficient (Wildman–Crippen LogP) is 2.40. The van der Waals surface area contributed by atoms with Crippen LogP contribution in [0.5, 0.6) is 0 Å². The van der Waals surface area contributed by atoms with Crippen LogP contribution < -0.4 is 0 Å². The maximum atomic E-state index is 12.0. The van der Waals surface area contributed by atoms with Gasteiger partial charge in [0.25, 0.3) is 5.91 Å². The van der Waals surface area contributed by atoms with E-state index in [1.165, 1.54) is 0 Å². The van der Waals surface area contributed by atoms with Crippen LogP contribution in [-0.2, 0) is 11.3 Å². The van der Waals surface area contributed by atoms with Crippen LogP contribution in [0.4, 0.5) is 0 Å². The minimum absolute atomic E-state index is 0.101. The van der Waals surface area contributed by atoms with Crippen molar-refractivity contribution in [1.82, 2.24) is 4.90 Å². The highest BCUT2D eigenvalue weighted by atomic mass is 16.2. The van der Waals surface area contributed by atoms with Crippen LogP contribution in [0, 0.1) is 0 Å². The van der Waals surface area contributed by atoms with Crippen molar-refractivity contribution in [3.8, 4) is 0 Å². The van der Waals surface area contributed by atoms with Crippen LogP contribution in [0.2, 0.25) is 0 Å². The minimum atomic E-state index is 0.101. The third-order valence-electron chi connectivity index (χ3n) is 3.17. The SMILES string of the molecule is CCC(=O)CCCN1Cc2ccccc2C1=O. The Hall–Kier alpha value is -1.64. The van der Waals surface area contributed by atoms with E-state index in [2.05, 4.69) is 0 Å². The third-order valence-corrected chi connectivity index (χ3v) is 3.17. The molecule has 90 valence electrons. The molecule has 0 bridgehead atoms. The molecule has 3 heteroatoms. The molecule has 1 aliphatic rings. The van der Waals surface area contributed by atoms with Crippen LogP contribution in [0.25, 0.3) is 0 Å². The second kappa shape index (κ2) is 5.13. The molecule has 0 N–H and O–H groups in total. The van der Waals surface area contributed by atoms with E-state index < -0.39 is 0 Å². The Balaban J connectivity index is 1.90. The van der Waals surface area contributed by atoms with E-state index in [4.69, 9.17) is 0 Å². The average molecular weight is 231 g/mol. The molecule has 1 aromatic rings. The van der Waals surface area contributed by atoms with Gasteiger partial charge in [0.15, 0.2) is 0 Å². The van der Waals surface area contributed by atoms with Crippen molar-refractivity contribution in [2.45, 2.75) is 32.7 Å². The first-order valence-corrected chi connectivity index (χ1v) is 6.11. The lowest BCUT2D eigenvalue weighted by molar-refractivity contribution is -0.118. The van der Waals surface area contributed by atoms with E-state index in [9.17, 15) is 9.59 Å². The maximum Gasteiger partial charge on any atom is 0.254 e. The number of rotatable bonds is 5. The molecule has 0 saturated carbocycles. The first kappa shape index (κ1) is 11.8. The normalized spacial score (nSPS) is 13.9. The number of Topliss-reactive ketones (excluding diaryl/α,β-unsaturated/α-hetero) is 1. The Kier molecular flexibility index (Phi) is 3.57. The average Bonchev–Trinajstić information content (AvgIpc) is 2.67. The smallest absolute Gasteiger partial charge is 0.254 e. The van der Waals surface area contributed by atoms with Gasteiger partial charge in [-0.2, -0.15) is 0 Å². The fourth-order valence-corrected chi connectivity index (χ4v) is 2.14. The van der Waals surface area contributed by atoms with Gasteiger partial charge in [0.05, 0.1) is 0 Å². The Morgan fingerprint density at radius 1 is 1.35 bits per heavy atom. The molecule has 17 heavy (non-hydrogen) atoms. The molecule has 0 spiro atoms. The van der Waals surface area contributed by atoms with Gasteiger partial charge in [-0.25, -0.2) is 0 Å². The van der Waals surface area contributed by atoms with Crippen molar-refractivity contribution in [1.29, 1.82) is 0 Å². The van der Waals surface area contributed by atoms with Gasteiger partial charge >= 0.3 is 0 Å². The number of hydrogen-bond acceptors (Lipinski definition) is 2. The molecule has 3 nitrogen and oxygen atoms in total. The van der Waals surface area contributed by atoms with Crippen molar-refractivity contribution in [2.75, 3.05) is 6.54 Å². The van der Waals surface area contributed by atoms with E-state index in [1.54, 1.807) is 0 Å². The largest absolute Gasteiger partial charge is 0.334 e. The predicted molar refractivity (Wildman–Crippen MR) is 65.7 cm³/mol. The lowest BCUT2D eigenvalue weighted by atomic mass is 10.1. The summed E-state index contributed by atoms with van der Waals surface area (Å²) in [4.78, 5) is 25.0. The van der Waals surface area contributed by atoms with Gasteiger partial charge in [0.1, 0.15) is 5.78 Å². The molecule has 1 aromatic carbocycles. The van der Waals surface area contributed by atoms with Crippen molar-refractivity contribution < 1.29 is 9.59 Å². The summed E-state index contributed by atoms with van der Waals surface area (Å²) in [5.74, 6) is 0.374. The van der Waals surface area contributed by atoms with Crippen LogP contribution >= 0.6 is 0 Å². The summed E-state index contributed by atoms with van der Waals surface area (Å²) in [5.41, 5.74) is 1.91. The van der Waals surface area contributed by atoms with E-state index in [0.29, 0.717) is 25.9 Å². The molecule has 1 aliphatic heterocycles. The Morgan fingerprint density at radius 2 is 2.12 bits per heavy atom. The summed E-state index contributed by atoms with van der Waals surface area (Å²) in [6, 6.07) is 7.70. The first-order chi connectivity index (χ1) is 8.22. The lowest BCUT2D eigenvalue weighted by Gasteiger charge is -2.14. The van der Waals surface area contributed by atoms with E-state index in [0.717, 1.165) is 17.5 Å². The molecule has 0 atom stereocenters. The van der Waals surface area contributed by atoms with Crippen LogP contribution in [0.1, 0.15) is 42.1 Å². The van der Waals surface area contributed by atoms with Gasteiger partial charge in [-0.1, -0.05) is 25.1 Å². The first-order valence-electron chi connectivity index (χ1n) is 6.11. The Morgan fingerprint density at radius 3 is 2.82 bits per heavy atom. The third kappa shape index (κ3) is 2.54. The molecule has 0 aliphatic carbocycles. The van der Waals surface area contributed by atoms with Gasteiger partial charge in [-0.15, -0.1) is 0 Å². The van der Waals surface area contributed by atoms with Gasteiger partial charge in [-0.05, 0) is 18.1 Å². The second-order valence-corrected chi connectivity index (χ2v) is 4.38. The monoisotopic (exact) mass is 231 g/mol. The quantitative estimate of drug-likeness (QED) is 0.780. The topological polar surface area (TPSA) is 37.4 Å². The summed E-state index contributed by atoms with van der Waals surface area (Å²) in [5, 5.41) is 0. The number of hydrogen-bond donors (Lipinski definition) is 0. The summed E-state index contributed by atoms with van der Waals surface area (Å²) in [6.07, 6.45) is 1.94. The van der Waals surface area contributed by atoms with Crippen molar-refractivity contribution >= 4 is 11.7 Å². The molecule has 0 aromatic heterocycles. The Labute approximate surface area is 101 Å². The van der Waals surface area contributed by atoms with Gasteiger partial charge < -0.3 is 4.90 Å². The maximum absolute atomic E-state index is 12.0. The zero-order valence-electron chi connectivity index (χ0n) is 10.1. The summed E-state index contributed by atoms with van der Waals surface area (Å²) in [6.45, 7) is 3.24. The number of nitrogens with zero attached hydrogens (tertiary/aromatic N) is 1. The van der Waals surface area contributed by atoms with E-state index >= 15 is 0 Å². The van der Waals surface area contributed by atoms with Gasteiger partial charge in [-0.3, -0.25) is 9.59 Å². The molecule has 0 radical (unpaired) electrons. The van der Waals surface area contributed by atoms with Crippen molar-refractivity contribution in [2.24, 2.45) is 0 Å². The molecular weight excluding hydrogens is 214 g/mol. The fourth-order valence-electron chi connectivity index (χ4n) is 2.14. The molecule has 0 fully saturated rings. The summed E-state index contributed by atoms with van der Waals surface area (Å²) in [7, 11) is 0. The minimum Gasteiger partial charge on any atom is -0.334 e. The number of amides is 1. The Bertz CT molecular complexity index is 440. The zero-order chi connectivity index (χ0) is 12.3. The van der Waals surface area contributed by atoms with Crippen LogP contribution in [0.15, 0.2) is 24.3 Å². The lowest BCUT2D eigenvalue weighted by Crippen LogP contribution is -2.25. The summed E-state index contributed by atoms with van der Waals surface area (Å²) >= 11 is 0. The standard InChI is InChI=1S/C14H17NO2/c1-2-12(16)7-5-9-15-10-11-6-3-4-8-13(11)14(15)17/h3-4,6,8H,2,5,7,9-10H2,1H3. The number of carbonyl (C=O) groups excluding carboxylic acids is 2. The second-order valence-electron chi connectivity index (χ2n) is 4.38. The van der Waals surface area contributed by atoms with Crippen LogP contribution in [-0.4, -0.2) is 23.1 Å².